The first-order chi connectivity index (χ1) is 68.9. The monoisotopic (exact) mass is 2200 g/mol. The van der Waals surface area contributed by atoms with Crippen molar-refractivity contribution in [3.8, 4) is 11.3 Å². The normalized spacial score (nSPS) is 10.3. The molecule has 0 aliphatic carbocycles. The minimum Gasteiger partial charge on any atom is -0.394 e. The quantitative estimate of drug-likeness (QED) is 0.0458. The van der Waals surface area contributed by atoms with Crippen molar-refractivity contribution in [1.29, 1.82) is 0 Å². The standard InChI is InChI=1S/C29H30BN.C24H26BBr.4C18H15P.C5H4N.CH4.BrH.Pd.Zn/c1-19-14-21(3)28(22(4)15-19)30(29-23(5)16-20(2)17-24(29)6)26-11-9-10-25(18-26)27-12-7-8-13-31-27;1-15-10-17(3)23(18(4)11-15)25(21-8-7-9-22(26)14-21)24-19(5)12-16(2)13-20(24)6;4*1-4-10-16(11-5-1)19(17-12-6-2-7-13-17)18-14-8-3-9-15-18;1-2-4-6-5-3-1;;;;/h7-18H,1-6H3;7-14H,1-6H3;4*1-15H;1-4H;1H4;1H;;/q;;;;;;-1;;;;+2/p-1. The average Bonchev–Trinajstić information content (AvgIpc) is 0.777. The number of hydrogen-bond acceptors (Lipinski definition) is 2. The van der Waals surface area contributed by atoms with E-state index >= 15 is 0 Å². The van der Waals surface area contributed by atoms with Crippen LogP contribution in [-0.4, -0.2) is 23.4 Å². The molecule has 0 amide bonds. The molecule has 0 aliphatic heterocycles. The molecule has 0 bridgehead atoms. The van der Waals surface area contributed by atoms with Crippen molar-refractivity contribution in [2.75, 3.05) is 0 Å². The topological polar surface area (TPSA) is 25.8 Å². The van der Waals surface area contributed by atoms with Gasteiger partial charge < -0.3 is 4.98 Å². The van der Waals surface area contributed by atoms with Crippen LogP contribution in [0.5, 0.6) is 0 Å². The summed E-state index contributed by atoms with van der Waals surface area (Å²) >= 11 is 7.92. The summed E-state index contributed by atoms with van der Waals surface area (Å²) in [7, 11) is -1.78. The van der Waals surface area contributed by atoms with Crippen molar-refractivity contribution in [1.82, 2.24) is 9.97 Å². The van der Waals surface area contributed by atoms with E-state index in [1.807, 2.05) is 24.4 Å². The van der Waals surface area contributed by atoms with Crippen LogP contribution in [0.4, 0.5) is 0 Å². The molecule has 0 radical (unpaired) electrons. The van der Waals surface area contributed by atoms with Crippen LogP contribution >= 0.6 is 61.2 Å². The first-order valence-corrected chi connectivity index (χ1v) is 61.0. The molecule has 0 atom stereocenters. The Bertz CT molecular complexity index is 6060. The van der Waals surface area contributed by atoms with E-state index in [4.69, 9.17) is 0 Å². The van der Waals surface area contributed by atoms with Gasteiger partial charge >= 0.3 is 30.0 Å². The van der Waals surface area contributed by atoms with Gasteiger partial charge in [0.2, 0.25) is 13.4 Å². The maximum atomic E-state index is 4.59. The molecule has 0 fully saturated rings. The fraction of sp³-hybridized carbons (Fsp3) is 0.0992. The van der Waals surface area contributed by atoms with Gasteiger partial charge in [-0.1, -0.05) is 596 Å². The summed E-state index contributed by atoms with van der Waals surface area (Å²) in [5.74, 6) is 0. The SMILES string of the molecule is C.Cc1cc(C)c(B(c2cccc(-c3ccccn3)c2)c2c(C)cc(C)cc2C)c(C)c1.Cc1cc(C)c(B(c2cccc(Br)c2)c2c(C)cc(C)cc2C)c(C)c1.[Pd].[Zn+][Br].[c-]1ccccn1.c1ccc(P(c2ccccc2)c2ccccc2)cc1.c1ccc(P(c2ccccc2)c2ccccc2)cc1.c1ccc(P(c2ccccc2)c2ccccc2)cc1.c1ccc(P(c2ccccc2)c2ccccc2)cc1. The predicted octanol–water partition coefficient (Wildman–Crippen LogP) is 26.1. The zero-order valence-electron chi connectivity index (χ0n) is 83.1. The first kappa shape index (κ1) is 112. The molecule has 20 rings (SSSR count). The van der Waals surface area contributed by atoms with E-state index in [0.717, 1.165) is 15.7 Å². The fourth-order valence-corrected chi connectivity index (χ4v) is 28.3. The van der Waals surface area contributed by atoms with E-state index in [9.17, 15) is 0 Å². The largest absolute Gasteiger partial charge is 0.394 e. The zero-order valence-corrected chi connectivity index (χ0v) is 94.4. The van der Waals surface area contributed by atoms with Gasteiger partial charge in [0.25, 0.3) is 0 Å². The molecule has 0 spiro atoms. The Balaban J connectivity index is 0.000000162. The summed E-state index contributed by atoms with van der Waals surface area (Å²) in [5, 5.41) is 16.8. The summed E-state index contributed by atoms with van der Waals surface area (Å²) < 4.78 is 1.13. The van der Waals surface area contributed by atoms with E-state index in [-0.39, 0.29) is 41.3 Å². The Morgan fingerprint density at radius 1 is 0.224 bits per heavy atom. The third kappa shape index (κ3) is 32.2. The molecule has 0 aliphatic rings. The minimum atomic E-state index is -0.446. The third-order valence-electron chi connectivity index (χ3n) is 24.2. The number of nitrogens with zero attached hydrogens (tertiary/aromatic N) is 2. The molecule has 710 valence electrons. The number of halogens is 2. The number of pyridine rings is 2. The Kier molecular flexibility index (Phi) is 46.1. The second kappa shape index (κ2) is 59.0. The first-order valence-electron chi connectivity index (χ1n) is 47.9. The van der Waals surface area contributed by atoms with Crippen LogP contribution in [0, 0.1) is 89.3 Å². The van der Waals surface area contributed by atoms with Gasteiger partial charge in [-0.3, -0.25) is 4.98 Å². The predicted molar refractivity (Wildman–Crippen MR) is 635 cm³/mol. The molecular weight excluding hydrogens is 2080 g/mol. The molecule has 2 nitrogen and oxygen atoms in total. The van der Waals surface area contributed by atoms with Gasteiger partial charge in [0.1, 0.15) is 0 Å². The molecule has 2 aromatic heterocycles. The van der Waals surface area contributed by atoms with E-state index < -0.39 is 31.7 Å². The van der Waals surface area contributed by atoms with Crippen molar-refractivity contribution in [3.63, 3.8) is 0 Å². The van der Waals surface area contributed by atoms with Crippen molar-refractivity contribution in [2.45, 2.75) is 90.5 Å². The molecule has 0 N–H and O–H groups in total. The van der Waals surface area contributed by atoms with E-state index in [0.29, 0.717) is 0 Å². The second-order valence-electron chi connectivity index (χ2n) is 34.8. The van der Waals surface area contributed by atoms with E-state index in [1.54, 1.807) is 12.3 Å². The maximum absolute atomic E-state index is 4.59. The van der Waals surface area contributed by atoms with E-state index in [2.05, 4.69) is 602 Å². The van der Waals surface area contributed by atoms with Crippen molar-refractivity contribution in [3.05, 3.63) is 587 Å². The molecule has 12 heteroatoms. The van der Waals surface area contributed by atoms with Crippen molar-refractivity contribution >= 4 is 171 Å². The number of aryl methyl sites for hydroxylation is 12. The van der Waals surface area contributed by atoms with Crippen LogP contribution in [0.15, 0.2) is 514 Å². The zero-order chi connectivity index (χ0) is 99.0. The average molecular weight is 2200 g/mol. The Labute approximate surface area is 898 Å². The molecule has 20 aromatic rings. The maximum Gasteiger partial charge on any atom is -0.0134 e. The summed E-state index contributed by atoms with van der Waals surface area (Å²) in [5.41, 5.74) is 26.7. The minimum absolute atomic E-state index is 0. The fourth-order valence-electron chi connectivity index (χ4n) is 18.6. The molecule has 2 heterocycles. The molecule has 0 saturated heterocycles. The number of benzene rings is 18. The summed E-state index contributed by atoms with van der Waals surface area (Å²) in [6, 6.07) is 177. The van der Waals surface area contributed by atoms with Gasteiger partial charge in [0.05, 0.1) is 5.69 Å². The molecule has 0 unspecified atom stereocenters. The summed E-state index contributed by atoms with van der Waals surface area (Å²) in [4.78, 5) is 8.25. The van der Waals surface area contributed by atoms with E-state index in [1.165, 1.54) is 180 Å². The Morgan fingerprint density at radius 2 is 0.427 bits per heavy atom. The Morgan fingerprint density at radius 3 is 0.601 bits per heavy atom. The molecule has 143 heavy (non-hydrogen) atoms. The van der Waals surface area contributed by atoms with Gasteiger partial charge in [-0.25, -0.2) is 0 Å². The van der Waals surface area contributed by atoms with Crippen LogP contribution in [-0.2, 0) is 36.8 Å². The molecular formula is C131H124B2Br2N2P4PdZn. The number of hydrogen-bond donors (Lipinski definition) is 0. The third-order valence-corrected chi connectivity index (χ3v) is 34.4. The number of aromatic nitrogens is 2. The smallest absolute Gasteiger partial charge is 0.0134 e. The molecule has 0 saturated carbocycles. The van der Waals surface area contributed by atoms with Gasteiger partial charge in [-0.2, -0.15) is 18.2 Å². The second-order valence-corrected chi connectivity index (χ2v) is 44.6. The van der Waals surface area contributed by atoms with Gasteiger partial charge in [0.15, 0.2) is 0 Å². The van der Waals surface area contributed by atoms with Crippen molar-refractivity contribution in [2.24, 2.45) is 0 Å². The Hall–Kier alpha value is -11.6. The van der Waals surface area contributed by atoms with Crippen LogP contribution in [0.2, 0.25) is 0 Å². The summed E-state index contributed by atoms with van der Waals surface area (Å²) in [6.45, 7) is 27.2. The summed E-state index contributed by atoms with van der Waals surface area (Å²) in [6.07, 6.45) is 6.20. The van der Waals surface area contributed by atoms with Gasteiger partial charge in [0, 0.05) is 31.1 Å². The van der Waals surface area contributed by atoms with Crippen LogP contribution in [0.25, 0.3) is 11.3 Å². The van der Waals surface area contributed by atoms with Crippen LogP contribution in [0.3, 0.4) is 0 Å². The van der Waals surface area contributed by atoms with Crippen LogP contribution < -0.4 is 96.4 Å². The molecule has 18 aromatic carbocycles. The van der Waals surface area contributed by atoms with Gasteiger partial charge in [-0.05, 0) is 202 Å². The van der Waals surface area contributed by atoms with Gasteiger partial charge in [-0.15, -0.1) is 0 Å². The van der Waals surface area contributed by atoms with Crippen LogP contribution in [0.1, 0.15) is 74.2 Å². The number of rotatable bonds is 19. The van der Waals surface area contributed by atoms with Crippen molar-refractivity contribution < 1.29 is 36.8 Å².